The highest BCUT2D eigenvalue weighted by atomic mass is 35.5. The van der Waals surface area contributed by atoms with Crippen LogP contribution in [0.2, 0.25) is 10.0 Å². The van der Waals surface area contributed by atoms with Gasteiger partial charge in [-0.15, -0.1) is 0 Å². The third-order valence-corrected chi connectivity index (χ3v) is 6.89. The minimum absolute atomic E-state index is 0.186. The number of likely N-dealkylation sites (tertiary alicyclic amines) is 1. The summed E-state index contributed by atoms with van der Waals surface area (Å²) in [5.41, 5.74) is 2.20. The molecule has 1 aliphatic rings. The van der Waals surface area contributed by atoms with E-state index in [2.05, 4.69) is 23.2 Å². The summed E-state index contributed by atoms with van der Waals surface area (Å²) in [6, 6.07) is 12.9. The van der Waals surface area contributed by atoms with Gasteiger partial charge in [0.15, 0.2) is 0 Å². The third-order valence-electron chi connectivity index (χ3n) is 6.15. The molecular formula is C24H31Cl2N3O2. The van der Waals surface area contributed by atoms with Gasteiger partial charge in [0.25, 0.3) is 5.69 Å². The molecule has 168 valence electrons. The Morgan fingerprint density at radius 2 is 1.90 bits per heavy atom. The summed E-state index contributed by atoms with van der Waals surface area (Å²) in [6.45, 7) is 7.02. The lowest BCUT2D eigenvalue weighted by Gasteiger charge is -2.32. The summed E-state index contributed by atoms with van der Waals surface area (Å²) in [5, 5.41) is 15.8. The second kappa shape index (κ2) is 11.8. The van der Waals surface area contributed by atoms with Crippen molar-refractivity contribution in [1.29, 1.82) is 0 Å². The zero-order valence-corrected chi connectivity index (χ0v) is 19.5. The van der Waals surface area contributed by atoms with Crippen molar-refractivity contribution in [3.05, 3.63) is 73.8 Å². The summed E-state index contributed by atoms with van der Waals surface area (Å²) in [4.78, 5) is 13.4. The fourth-order valence-corrected chi connectivity index (χ4v) is 4.53. The number of nitrogens with one attached hydrogen (secondary N) is 1. The molecule has 1 unspecified atom stereocenters. The number of piperidine rings is 1. The molecule has 2 aromatic rings. The first-order valence-corrected chi connectivity index (χ1v) is 11.8. The molecule has 1 heterocycles. The van der Waals surface area contributed by atoms with E-state index in [-0.39, 0.29) is 10.6 Å². The minimum atomic E-state index is -0.314. The number of nitrogens with zero attached hydrogens (tertiary/aromatic N) is 2. The maximum atomic E-state index is 11.1. The Bertz CT molecular complexity index is 870. The minimum Gasteiger partial charge on any atom is -0.312 e. The predicted molar refractivity (Wildman–Crippen MR) is 128 cm³/mol. The van der Waals surface area contributed by atoms with Crippen molar-refractivity contribution < 1.29 is 4.92 Å². The van der Waals surface area contributed by atoms with Gasteiger partial charge in [0.05, 0.1) is 15.0 Å². The highest BCUT2D eigenvalue weighted by Crippen LogP contribution is 2.27. The Balaban J connectivity index is 1.33. The number of hydrogen-bond acceptors (Lipinski definition) is 4. The van der Waals surface area contributed by atoms with Gasteiger partial charge in [-0.3, -0.25) is 10.1 Å². The van der Waals surface area contributed by atoms with Crippen LogP contribution in [-0.2, 0) is 13.0 Å². The van der Waals surface area contributed by atoms with Crippen LogP contribution in [0.3, 0.4) is 0 Å². The van der Waals surface area contributed by atoms with Crippen molar-refractivity contribution >= 4 is 28.9 Å². The number of hydrogen-bond donors (Lipinski definition) is 1. The molecule has 0 aromatic heterocycles. The largest absolute Gasteiger partial charge is 0.312 e. The number of nitro benzene ring substituents is 1. The summed E-state index contributed by atoms with van der Waals surface area (Å²) in [5.74, 6) is 1.23. The van der Waals surface area contributed by atoms with Crippen LogP contribution in [0, 0.1) is 22.0 Å². The standard InChI is InChI=1S/C24H31Cl2N3O2/c1-18(16-27-17-21-4-2-3-5-24(21)29(30)31)8-11-28-12-9-19(10-13-28)14-20-6-7-22(25)23(26)15-20/h2-7,15,18-19,27H,8-14,16-17H2,1H3. The summed E-state index contributed by atoms with van der Waals surface area (Å²) < 4.78 is 0. The van der Waals surface area contributed by atoms with Crippen LogP contribution in [0.5, 0.6) is 0 Å². The topological polar surface area (TPSA) is 58.4 Å². The molecule has 1 aliphatic heterocycles. The monoisotopic (exact) mass is 463 g/mol. The Morgan fingerprint density at radius 3 is 2.61 bits per heavy atom. The molecular weight excluding hydrogens is 433 g/mol. The molecule has 1 saturated heterocycles. The van der Waals surface area contributed by atoms with Gasteiger partial charge in [0.1, 0.15) is 0 Å². The van der Waals surface area contributed by atoms with E-state index in [0.717, 1.165) is 44.6 Å². The summed E-state index contributed by atoms with van der Waals surface area (Å²) in [7, 11) is 0. The molecule has 7 heteroatoms. The molecule has 0 amide bonds. The Morgan fingerprint density at radius 1 is 1.16 bits per heavy atom. The van der Waals surface area contributed by atoms with E-state index in [9.17, 15) is 10.1 Å². The predicted octanol–water partition coefficient (Wildman–Crippen LogP) is 5.97. The van der Waals surface area contributed by atoms with Crippen molar-refractivity contribution in [3.8, 4) is 0 Å². The zero-order valence-electron chi connectivity index (χ0n) is 18.0. The first kappa shape index (κ1) is 24.0. The van der Waals surface area contributed by atoms with Gasteiger partial charge in [-0.2, -0.15) is 0 Å². The van der Waals surface area contributed by atoms with Crippen LogP contribution in [0.15, 0.2) is 42.5 Å². The number of halogens is 2. The van der Waals surface area contributed by atoms with E-state index in [1.54, 1.807) is 12.1 Å². The maximum Gasteiger partial charge on any atom is 0.273 e. The van der Waals surface area contributed by atoms with Gasteiger partial charge in [-0.25, -0.2) is 0 Å². The zero-order chi connectivity index (χ0) is 22.2. The molecule has 31 heavy (non-hydrogen) atoms. The Labute approximate surface area is 194 Å². The van der Waals surface area contributed by atoms with Crippen LogP contribution in [-0.4, -0.2) is 36.0 Å². The second-order valence-corrected chi connectivity index (χ2v) is 9.46. The number of nitro groups is 1. The van der Waals surface area contributed by atoms with Crippen LogP contribution >= 0.6 is 23.2 Å². The smallest absolute Gasteiger partial charge is 0.273 e. The highest BCUT2D eigenvalue weighted by molar-refractivity contribution is 6.42. The Hall–Kier alpha value is -1.66. The quantitative estimate of drug-likeness (QED) is 0.348. The first-order valence-electron chi connectivity index (χ1n) is 11.0. The first-order chi connectivity index (χ1) is 14.9. The summed E-state index contributed by atoms with van der Waals surface area (Å²) in [6.07, 6.45) is 4.62. The molecule has 0 radical (unpaired) electrons. The van der Waals surface area contributed by atoms with Crippen molar-refractivity contribution in [2.45, 2.75) is 39.2 Å². The average Bonchev–Trinajstić information content (AvgIpc) is 2.76. The molecule has 0 aliphatic carbocycles. The third kappa shape index (κ3) is 7.46. The molecule has 3 rings (SSSR count). The average molecular weight is 464 g/mol. The molecule has 1 atom stereocenters. The maximum absolute atomic E-state index is 11.1. The van der Waals surface area contributed by atoms with Crippen molar-refractivity contribution in [2.24, 2.45) is 11.8 Å². The molecule has 0 spiro atoms. The lowest BCUT2D eigenvalue weighted by Crippen LogP contribution is -2.36. The fourth-order valence-electron chi connectivity index (χ4n) is 4.21. The number of rotatable bonds is 10. The molecule has 2 aromatic carbocycles. The molecule has 1 N–H and O–H groups in total. The van der Waals surface area contributed by atoms with Gasteiger partial charge in [0, 0.05) is 18.2 Å². The van der Waals surface area contributed by atoms with E-state index in [0.29, 0.717) is 28.4 Å². The summed E-state index contributed by atoms with van der Waals surface area (Å²) >= 11 is 12.2. The van der Waals surface area contributed by atoms with Crippen molar-refractivity contribution in [3.63, 3.8) is 0 Å². The SMILES string of the molecule is CC(CCN1CCC(Cc2ccc(Cl)c(Cl)c2)CC1)CNCc1ccccc1[N+](=O)[O-]. The number of para-hydroxylation sites is 1. The lowest BCUT2D eigenvalue weighted by atomic mass is 9.90. The van der Waals surface area contributed by atoms with Crippen molar-refractivity contribution in [1.82, 2.24) is 10.2 Å². The van der Waals surface area contributed by atoms with Crippen LogP contribution in [0.1, 0.15) is 37.3 Å². The molecule has 0 bridgehead atoms. The highest BCUT2D eigenvalue weighted by Gasteiger charge is 2.20. The van der Waals surface area contributed by atoms with E-state index in [4.69, 9.17) is 23.2 Å². The van der Waals surface area contributed by atoms with E-state index >= 15 is 0 Å². The van der Waals surface area contributed by atoms with Crippen LogP contribution in [0.4, 0.5) is 5.69 Å². The second-order valence-electron chi connectivity index (χ2n) is 8.65. The van der Waals surface area contributed by atoms with Gasteiger partial charge >= 0.3 is 0 Å². The lowest BCUT2D eigenvalue weighted by molar-refractivity contribution is -0.385. The van der Waals surface area contributed by atoms with Gasteiger partial charge in [-0.05, 0) is 81.4 Å². The van der Waals surface area contributed by atoms with Crippen molar-refractivity contribution in [2.75, 3.05) is 26.2 Å². The van der Waals surface area contributed by atoms with E-state index in [1.165, 1.54) is 18.4 Å². The molecule has 1 fully saturated rings. The van der Waals surface area contributed by atoms with Crippen LogP contribution < -0.4 is 5.32 Å². The van der Waals surface area contributed by atoms with Gasteiger partial charge in [0.2, 0.25) is 0 Å². The van der Waals surface area contributed by atoms with E-state index in [1.807, 2.05) is 24.3 Å². The normalized spacial score (nSPS) is 16.4. The van der Waals surface area contributed by atoms with Crippen LogP contribution in [0.25, 0.3) is 0 Å². The number of benzene rings is 2. The van der Waals surface area contributed by atoms with E-state index < -0.39 is 0 Å². The van der Waals surface area contributed by atoms with Gasteiger partial charge in [-0.1, -0.05) is 54.4 Å². The molecule has 0 saturated carbocycles. The fraction of sp³-hybridized carbons (Fsp3) is 0.500. The Kier molecular flexibility index (Phi) is 9.15. The molecule has 5 nitrogen and oxygen atoms in total. The van der Waals surface area contributed by atoms with Gasteiger partial charge < -0.3 is 10.2 Å².